The number of amides is 1. The predicted molar refractivity (Wildman–Crippen MR) is 132 cm³/mol. The number of imidazole rings is 1. The summed E-state index contributed by atoms with van der Waals surface area (Å²) >= 11 is 3.52. The highest BCUT2D eigenvalue weighted by Crippen LogP contribution is 2.40. The van der Waals surface area contributed by atoms with Gasteiger partial charge < -0.3 is 20.0 Å². The van der Waals surface area contributed by atoms with Crippen LogP contribution in [0, 0.1) is 0 Å². The third kappa shape index (κ3) is 3.62. The molecule has 7 nitrogen and oxygen atoms in total. The maximum absolute atomic E-state index is 13.4. The molecule has 0 radical (unpaired) electrons. The number of fused-ring (bicyclic) bond motifs is 1. The van der Waals surface area contributed by atoms with Crippen LogP contribution < -0.4 is 5.32 Å². The van der Waals surface area contributed by atoms with Crippen molar-refractivity contribution in [2.75, 3.05) is 0 Å². The molecule has 6 rings (SSSR count). The first-order chi connectivity index (χ1) is 16.5. The van der Waals surface area contributed by atoms with Crippen molar-refractivity contribution < 1.29 is 14.7 Å². The van der Waals surface area contributed by atoms with Crippen LogP contribution in [0.2, 0.25) is 0 Å². The van der Waals surface area contributed by atoms with Gasteiger partial charge in [-0.15, -0.1) is 0 Å². The Bertz CT molecular complexity index is 1440. The van der Waals surface area contributed by atoms with E-state index in [0.29, 0.717) is 19.4 Å². The first-order valence-corrected chi connectivity index (χ1v) is 12.2. The molecule has 2 aromatic carbocycles. The number of Topliss-reactive ketones (excluding diaryl/α,β-unsaturated/α-hetero) is 1. The summed E-state index contributed by atoms with van der Waals surface area (Å²) < 4.78 is 3.17. The number of halogens is 1. The van der Waals surface area contributed by atoms with E-state index < -0.39 is 18.1 Å². The topological polar surface area (TPSA) is 100 Å². The molecule has 4 aromatic rings. The highest BCUT2D eigenvalue weighted by Gasteiger charge is 2.41. The van der Waals surface area contributed by atoms with E-state index >= 15 is 0 Å². The number of rotatable bonds is 3. The number of nitrogens with zero attached hydrogens (tertiary/aromatic N) is 2. The van der Waals surface area contributed by atoms with Gasteiger partial charge in [0.15, 0.2) is 0 Å². The van der Waals surface area contributed by atoms with Crippen LogP contribution in [0.5, 0.6) is 0 Å². The quantitative estimate of drug-likeness (QED) is 0.346. The number of ketones is 1. The Balaban J connectivity index is 1.32. The second-order valence-electron chi connectivity index (χ2n) is 9.21. The summed E-state index contributed by atoms with van der Waals surface area (Å²) in [5.41, 5.74) is 4.06. The van der Waals surface area contributed by atoms with E-state index in [9.17, 15) is 14.7 Å². The molecule has 0 saturated carbocycles. The van der Waals surface area contributed by atoms with Gasteiger partial charge in [-0.05, 0) is 53.4 Å². The van der Waals surface area contributed by atoms with Crippen molar-refractivity contribution in [3.8, 4) is 11.3 Å². The standard InChI is InChI=1S/C26H23BrN4O3/c27-19-5-3-15-9-17(2-1-16(15)10-19)21-12-28-25(29-21)18-11-22(32)23-20(30-26(33)34)6-4-14-7-8-31(13-18)24(14)23/h1-3,5,7-10,12,18,20,23,30H,4,6,11,13H2,(H,28,29)(H,33,34)/t18-,20-,23?/m0/s1. The summed E-state index contributed by atoms with van der Waals surface area (Å²) in [5.74, 6) is 0.291. The van der Waals surface area contributed by atoms with Crippen molar-refractivity contribution in [1.29, 1.82) is 0 Å². The van der Waals surface area contributed by atoms with Crippen molar-refractivity contribution >= 4 is 38.6 Å². The number of carbonyl (C=O) groups excluding carboxylic acids is 1. The molecule has 34 heavy (non-hydrogen) atoms. The average molecular weight is 519 g/mol. The largest absolute Gasteiger partial charge is 0.465 e. The SMILES string of the molecule is O=C(O)N[C@H]1CCc2ccn3c2C1C(=O)C[C@H](c1ncc(-c2ccc4cc(Br)ccc4c2)[nH]1)C3. The number of carboxylic acid groups (broad SMARTS) is 1. The lowest BCUT2D eigenvalue weighted by molar-refractivity contribution is -0.121. The van der Waals surface area contributed by atoms with Crippen molar-refractivity contribution in [3.63, 3.8) is 0 Å². The van der Waals surface area contributed by atoms with E-state index in [1.807, 2.05) is 18.5 Å². The van der Waals surface area contributed by atoms with Crippen LogP contribution in [-0.2, 0) is 17.8 Å². The van der Waals surface area contributed by atoms with Gasteiger partial charge in [0.2, 0.25) is 0 Å². The summed E-state index contributed by atoms with van der Waals surface area (Å²) in [6.45, 7) is 0.635. The second kappa shape index (κ2) is 8.13. The molecular weight excluding hydrogens is 496 g/mol. The second-order valence-corrected chi connectivity index (χ2v) is 10.1. The predicted octanol–water partition coefficient (Wildman–Crippen LogP) is 5.22. The lowest BCUT2D eigenvalue weighted by atomic mass is 9.79. The molecule has 0 spiro atoms. The number of aromatic nitrogens is 3. The third-order valence-electron chi connectivity index (χ3n) is 7.13. The van der Waals surface area contributed by atoms with Crippen LogP contribution in [-0.4, -0.2) is 37.6 Å². The monoisotopic (exact) mass is 518 g/mol. The summed E-state index contributed by atoms with van der Waals surface area (Å²) in [4.78, 5) is 32.9. The zero-order chi connectivity index (χ0) is 23.4. The summed E-state index contributed by atoms with van der Waals surface area (Å²) in [7, 11) is 0. The van der Waals surface area contributed by atoms with E-state index in [0.717, 1.165) is 50.0 Å². The van der Waals surface area contributed by atoms with Crippen LogP contribution in [0.3, 0.4) is 0 Å². The molecule has 172 valence electrons. The molecule has 1 aliphatic heterocycles. The Morgan fingerprint density at radius 3 is 2.85 bits per heavy atom. The molecule has 3 heterocycles. The van der Waals surface area contributed by atoms with Crippen molar-refractivity contribution in [1.82, 2.24) is 19.9 Å². The van der Waals surface area contributed by atoms with Gasteiger partial charge in [-0.2, -0.15) is 0 Å². The van der Waals surface area contributed by atoms with Crippen molar-refractivity contribution in [2.45, 2.75) is 43.7 Å². The van der Waals surface area contributed by atoms with Crippen LogP contribution in [0.25, 0.3) is 22.0 Å². The molecular formula is C26H23BrN4O3. The van der Waals surface area contributed by atoms with Gasteiger partial charge in [-0.25, -0.2) is 9.78 Å². The molecule has 0 saturated heterocycles. The Morgan fingerprint density at radius 1 is 1.18 bits per heavy atom. The van der Waals surface area contributed by atoms with Crippen LogP contribution >= 0.6 is 15.9 Å². The Labute approximate surface area is 204 Å². The molecule has 1 aliphatic carbocycles. The average Bonchev–Trinajstić information content (AvgIpc) is 3.42. The number of hydrogen-bond acceptors (Lipinski definition) is 3. The first-order valence-electron chi connectivity index (χ1n) is 11.4. The van der Waals surface area contributed by atoms with Crippen LogP contribution in [0.4, 0.5) is 4.79 Å². The van der Waals surface area contributed by atoms with E-state index in [1.54, 1.807) is 0 Å². The fraction of sp³-hybridized carbons (Fsp3) is 0.269. The van der Waals surface area contributed by atoms with Gasteiger partial charge >= 0.3 is 6.09 Å². The smallest absolute Gasteiger partial charge is 0.404 e. The van der Waals surface area contributed by atoms with Gasteiger partial charge in [0.05, 0.1) is 17.8 Å². The minimum atomic E-state index is -1.08. The molecule has 3 atom stereocenters. The molecule has 1 unspecified atom stereocenters. The number of hydrogen-bond donors (Lipinski definition) is 3. The van der Waals surface area contributed by atoms with Gasteiger partial charge in [0.25, 0.3) is 0 Å². The summed E-state index contributed by atoms with van der Waals surface area (Å²) in [5, 5.41) is 14.2. The molecule has 2 aliphatic rings. The highest BCUT2D eigenvalue weighted by molar-refractivity contribution is 9.10. The number of nitrogens with one attached hydrogen (secondary N) is 2. The van der Waals surface area contributed by atoms with Gasteiger partial charge in [0, 0.05) is 46.9 Å². The molecule has 3 N–H and O–H groups in total. The number of carbonyl (C=O) groups is 2. The fourth-order valence-corrected chi connectivity index (χ4v) is 5.95. The minimum Gasteiger partial charge on any atom is -0.465 e. The van der Waals surface area contributed by atoms with Crippen LogP contribution in [0.15, 0.2) is 59.3 Å². The van der Waals surface area contributed by atoms with E-state index in [4.69, 9.17) is 0 Å². The zero-order valence-corrected chi connectivity index (χ0v) is 19.9. The first kappa shape index (κ1) is 21.2. The van der Waals surface area contributed by atoms with Gasteiger partial charge in [-0.3, -0.25) is 4.79 Å². The summed E-state index contributed by atoms with van der Waals surface area (Å²) in [6, 6.07) is 14.2. The highest BCUT2D eigenvalue weighted by atomic mass is 79.9. The minimum absolute atomic E-state index is 0.0661. The van der Waals surface area contributed by atoms with E-state index in [1.165, 1.54) is 0 Å². The molecule has 0 bridgehead atoms. The molecule has 0 fully saturated rings. The fourth-order valence-electron chi connectivity index (χ4n) is 5.57. The van der Waals surface area contributed by atoms with E-state index in [-0.39, 0.29) is 11.7 Å². The van der Waals surface area contributed by atoms with Crippen molar-refractivity contribution in [2.24, 2.45) is 0 Å². The number of H-pyrrole nitrogens is 1. The van der Waals surface area contributed by atoms with Crippen molar-refractivity contribution in [3.05, 3.63) is 76.4 Å². The van der Waals surface area contributed by atoms with Crippen LogP contribution in [0.1, 0.15) is 41.8 Å². The van der Waals surface area contributed by atoms with Gasteiger partial charge in [0.1, 0.15) is 11.6 Å². The zero-order valence-electron chi connectivity index (χ0n) is 18.3. The number of benzene rings is 2. The summed E-state index contributed by atoms with van der Waals surface area (Å²) in [6.07, 6.45) is 4.49. The lowest BCUT2D eigenvalue weighted by Crippen LogP contribution is -2.44. The Hall–Kier alpha value is -3.39. The number of aromatic amines is 1. The van der Waals surface area contributed by atoms with Gasteiger partial charge in [-0.1, -0.05) is 34.1 Å². The third-order valence-corrected chi connectivity index (χ3v) is 7.62. The molecule has 8 heteroatoms. The lowest BCUT2D eigenvalue weighted by Gasteiger charge is -2.31. The molecule has 2 aromatic heterocycles. The maximum Gasteiger partial charge on any atom is 0.404 e. The normalized spacial score (nSPS) is 21.8. The maximum atomic E-state index is 13.4. The Morgan fingerprint density at radius 2 is 2.00 bits per heavy atom. The number of aryl methyl sites for hydroxylation is 1. The van der Waals surface area contributed by atoms with E-state index in [2.05, 4.69) is 72.2 Å². The Kier molecular flexibility index (Phi) is 5.06. The molecule has 1 amide bonds.